The van der Waals surface area contributed by atoms with Gasteiger partial charge in [-0.1, -0.05) is 32.0 Å². The maximum Gasteiger partial charge on any atom is 0.211 e. The molecule has 0 fully saturated rings. The normalized spacial score (nSPS) is 10.6. The average molecular weight is 218 g/mol. The molecule has 0 amide bonds. The lowest BCUT2D eigenvalue weighted by Crippen LogP contribution is -2.21. The quantitative estimate of drug-likeness (QED) is 0.455. The molecule has 1 rings (SSSR count). The second-order valence-electron chi connectivity index (χ2n) is 3.47. The number of hydrogen-bond acceptors (Lipinski definition) is 2. The molecule has 0 atom stereocenters. The highest BCUT2D eigenvalue weighted by Crippen LogP contribution is 2.14. The van der Waals surface area contributed by atoms with E-state index < -0.39 is 0 Å². The maximum absolute atomic E-state index is 5.21. The Hall–Kier alpha value is -1.84. The summed E-state index contributed by atoms with van der Waals surface area (Å²) >= 11 is 0. The van der Waals surface area contributed by atoms with Crippen molar-refractivity contribution < 1.29 is 0 Å². The fraction of sp³-hybridized carbons (Fsp3) is 0.333. The van der Waals surface area contributed by atoms with Crippen LogP contribution in [0, 0.1) is 0 Å². The van der Waals surface area contributed by atoms with Gasteiger partial charge in [0.05, 0.1) is 6.21 Å². The van der Waals surface area contributed by atoms with E-state index in [0.717, 1.165) is 18.4 Å². The van der Waals surface area contributed by atoms with Gasteiger partial charge in [0.15, 0.2) is 0 Å². The summed E-state index contributed by atoms with van der Waals surface area (Å²) in [7, 11) is 0. The van der Waals surface area contributed by atoms with Gasteiger partial charge in [-0.3, -0.25) is 0 Å². The number of nitrogens with zero attached hydrogens (tertiary/aromatic N) is 2. The number of aryl methyl sites for hydroxylation is 2. The lowest BCUT2D eigenvalue weighted by Gasteiger charge is -2.07. The van der Waals surface area contributed by atoms with Crippen LogP contribution in [0.5, 0.6) is 0 Å². The van der Waals surface area contributed by atoms with E-state index in [-0.39, 0.29) is 5.96 Å². The predicted octanol–water partition coefficient (Wildman–Crippen LogP) is 1.42. The molecule has 4 nitrogen and oxygen atoms in total. The molecule has 0 aliphatic rings. The van der Waals surface area contributed by atoms with Gasteiger partial charge in [-0.25, -0.2) is 0 Å². The Kier molecular flexibility index (Phi) is 4.51. The molecular weight excluding hydrogens is 200 g/mol. The van der Waals surface area contributed by atoms with Gasteiger partial charge in [0.25, 0.3) is 0 Å². The van der Waals surface area contributed by atoms with E-state index >= 15 is 0 Å². The molecule has 0 radical (unpaired) electrons. The second-order valence-corrected chi connectivity index (χ2v) is 3.47. The highest BCUT2D eigenvalue weighted by atomic mass is 15.3. The van der Waals surface area contributed by atoms with Crippen LogP contribution in [0.3, 0.4) is 0 Å². The zero-order valence-corrected chi connectivity index (χ0v) is 9.77. The molecule has 0 aliphatic carbocycles. The molecule has 1 aromatic rings. The lowest BCUT2D eigenvalue weighted by atomic mass is 9.98. The zero-order valence-electron chi connectivity index (χ0n) is 9.77. The Balaban J connectivity index is 3.09. The molecule has 4 N–H and O–H groups in total. The molecule has 0 saturated carbocycles. The van der Waals surface area contributed by atoms with Crippen LogP contribution in [0.15, 0.2) is 28.4 Å². The monoisotopic (exact) mass is 218 g/mol. The Bertz CT molecular complexity index is 381. The minimum Gasteiger partial charge on any atom is -0.369 e. The van der Waals surface area contributed by atoms with Crippen LogP contribution in [-0.4, -0.2) is 12.2 Å². The van der Waals surface area contributed by atoms with E-state index in [0.29, 0.717) is 0 Å². The first-order valence-corrected chi connectivity index (χ1v) is 5.41. The Morgan fingerprint density at radius 2 is 1.75 bits per heavy atom. The highest BCUT2D eigenvalue weighted by molar-refractivity contribution is 5.85. The molecule has 4 heteroatoms. The third-order valence-corrected chi connectivity index (χ3v) is 2.41. The van der Waals surface area contributed by atoms with Crippen LogP contribution in [0.2, 0.25) is 0 Å². The molecular formula is C12H18N4. The fourth-order valence-corrected chi connectivity index (χ4v) is 1.60. The van der Waals surface area contributed by atoms with E-state index in [1.54, 1.807) is 6.21 Å². The average Bonchev–Trinajstić information content (AvgIpc) is 2.28. The van der Waals surface area contributed by atoms with Crippen molar-refractivity contribution in [3.63, 3.8) is 0 Å². The highest BCUT2D eigenvalue weighted by Gasteiger charge is 2.02. The van der Waals surface area contributed by atoms with Crippen molar-refractivity contribution in [2.45, 2.75) is 26.7 Å². The third-order valence-electron chi connectivity index (χ3n) is 2.41. The summed E-state index contributed by atoms with van der Waals surface area (Å²) in [5, 5.41) is 7.48. The second kappa shape index (κ2) is 5.90. The molecule has 86 valence electrons. The SMILES string of the molecule is CCc1cccc(CC)c1C=NN=C(N)N. The number of benzene rings is 1. The maximum atomic E-state index is 5.21. The summed E-state index contributed by atoms with van der Waals surface area (Å²) in [6, 6.07) is 6.25. The number of rotatable bonds is 4. The minimum absolute atomic E-state index is 0.0247. The first-order valence-electron chi connectivity index (χ1n) is 5.41. The standard InChI is InChI=1S/C12H18N4/c1-3-9-6-5-7-10(4-2)11(9)8-15-16-12(13)14/h5-8H,3-4H2,1-2H3,(H4,13,14,16). The Morgan fingerprint density at radius 3 is 2.19 bits per heavy atom. The Labute approximate surface area is 96.1 Å². The van der Waals surface area contributed by atoms with Crippen LogP contribution in [-0.2, 0) is 12.8 Å². The third kappa shape index (κ3) is 3.08. The number of nitrogens with two attached hydrogens (primary N) is 2. The van der Waals surface area contributed by atoms with Gasteiger partial charge in [0.1, 0.15) is 0 Å². The summed E-state index contributed by atoms with van der Waals surface area (Å²) in [6.07, 6.45) is 3.66. The van der Waals surface area contributed by atoms with Crippen LogP contribution in [0.25, 0.3) is 0 Å². The van der Waals surface area contributed by atoms with Gasteiger partial charge in [0.2, 0.25) is 5.96 Å². The van der Waals surface area contributed by atoms with Gasteiger partial charge >= 0.3 is 0 Å². The first-order chi connectivity index (χ1) is 7.69. The topological polar surface area (TPSA) is 76.8 Å². The van der Waals surface area contributed by atoms with Crippen molar-refractivity contribution in [1.29, 1.82) is 0 Å². The molecule has 0 spiro atoms. The number of guanidine groups is 1. The van der Waals surface area contributed by atoms with Gasteiger partial charge in [-0.2, -0.15) is 5.10 Å². The summed E-state index contributed by atoms with van der Waals surface area (Å²) in [5.74, 6) is -0.0247. The lowest BCUT2D eigenvalue weighted by molar-refractivity contribution is 1.08. The minimum atomic E-state index is -0.0247. The van der Waals surface area contributed by atoms with Crippen LogP contribution < -0.4 is 11.5 Å². The van der Waals surface area contributed by atoms with Crippen LogP contribution in [0.1, 0.15) is 30.5 Å². The van der Waals surface area contributed by atoms with Crippen molar-refractivity contribution in [3.05, 3.63) is 34.9 Å². The largest absolute Gasteiger partial charge is 0.369 e. The van der Waals surface area contributed by atoms with Crippen molar-refractivity contribution in [2.24, 2.45) is 21.7 Å². The fourth-order valence-electron chi connectivity index (χ4n) is 1.60. The summed E-state index contributed by atoms with van der Waals surface area (Å²) in [6.45, 7) is 4.24. The van der Waals surface area contributed by atoms with Crippen LogP contribution >= 0.6 is 0 Å². The van der Waals surface area contributed by atoms with Gasteiger partial charge < -0.3 is 11.5 Å². The molecule has 0 heterocycles. The van der Waals surface area contributed by atoms with Gasteiger partial charge in [-0.05, 0) is 24.0 Å². The van der Waals surface area contributed by atoms with Crippen molar-refractivity contribution in [2.75, 3.05) is 0 Å². The smallest absolute Gasteiger partial charge is 0.211 e. The van der Waals surface area contributed by atoms with E-state index in [1.165, 1.54) is 11.1 Å². The predicted molar refractivity (Wildman–Crippen MR) is 68.6 cm³/mol. The van der Waals surface area contributed by atoms with Gasteiger partial charge in [-0.15, -0.1) is 5.10 Å². The van der Waals surface area contributed by atoms with Gasteiger partial charge in [0, 0.05) is 5.56 Å². The van der Waals surface area contributed by atoms with Crippen LogP contribution in [0.4, 0.5) is 0 Å². The Morgan fingerprint density at radius 1 is 1.19 bits per heavy atom. The molecule has 0 aliphatic heterocycles. The van der Waals surface area contributed by atoms with Crippen molar-refractivity contribution >= 4 is 12.2 Å². The van der Waals surface area contributed by atoms with E-state index in [1.807, 2.05) is 0 Å². The molecule has 0 bridgehead atoms. The van der Waals surface area contributed by atoms with E-state index in [2.05, 4.69) is 42.2 Å². The molecule has 0 saturated heterocycles. The zero-order chi connectivity index (χ0) is 12.0. The molecule has 0 aromatic heterocycles. The summed E-state index contributed by atoms with van der Waals surface area (Å²) < 4.78 is 0. The van der Waals surface area contributed by atoms with Crippen molar-refractivity contribution in [1.82, 2.24) is 0 Å². The van der Waals surface area contributed by atoms with E-state index in [4.69, 9.17) is 11.5 Å². The van der Waals surface area contributed by atoms with E-state index in [9.17, 15) is 0 Å². The summed E-state index contributed by atoms with van der Waals surface area (Å²) in [5.41, 5.74) is 14.1. The summed E-state index contributed by atoms with van der Waals surface area (Å²) in [4.78, 5) is 0. The molecule has 0 unspecified atom stereocenters. The van der Waals surface area contributed by atoms with Crippen molar-refractivity contribution in [3.8, 4) is 0 Å². The molecule has 16 heavy (non-hydrogen) atoms. The number of hydrogen-bond donors (Lipinski definition) is 2. The molecule has 1 aromatic carbocycles. The first kappa shape index (κ1) is 12.2.